The van der Waals surface area contributed by atoms with E-state index in [0.717, 1.165) is 25.2 Å². The number of hydrogen-bond donors (Lipinski definition) is 1. The number of ether oxygens (including phenoxy) is 1. The van der Waals surface area contributed by atoms with E-state index >= 15 is 0 Å². The summed E-state index contributed by atoms with van der Waals surface area (Å²) in [4.78, 5) is 4.51. The van der Waals surface area contributed by atoms with Crippen LogP contribution in [0.2, 0.25) is 0 Å². The zero-order chi connectivity index (χ0) is 13.1. The van der Waals surface area contributed by atoms with E-state index in [4.69, 9.17) is 4.74 Å². The van der Waals surface area contributed by atoms with Crippen molar-refractivity contribution in [3.63, 3.8) is 0 Å². The molecule has 0 radical (unpaired) electrons. The summed E-state index contributed by atoms with van der Waals surface area (Å²) in [5.41, 5.74) is 4.98. The van der Waals surface area contributed by atoms with Gasteiger partial charge in [-0.15, -0.1) is 0 Å². The number of aryl methyl sites for hydroxylation is 2. The summed E-state index contributed by atoms with van der Waals surface area (Å²) in [7, 11) is 1.73. The molecule has 0 saturated heterocycles. The summed E-state index contributed by atoms with van der Waals surface area (Å²) in [5, 5.41) is 3.46. The van der Waals surface area contributed by atoms with Crippen LogP contribution in [0.1, 0.15) is 25.0 Å². The number of nitrogens with zero attached hydrogens (tertiary/aromatic N) is 2. The van der Waals surface area contributed by atoms with Crippen molar-refractivity contribution < 1.29 is 4.74 Å². The molecule has 0 fully saturated rings. The summed E-state index contributed by atoms with van der Waals surface area (Å²) >= 11 is 0. The summed E-state index contributed by atoms with van der Waals surface area (Å²) in [6, 6.07) is 4.32. The highest BCUT2D eigenvalue weighted by Crippen LogP contribution is 2.28. The highest BCUT2D eigenvalue weighted by Gasteiger charge is 2.15. The molecule has 0 saturated carbocycles. The molecule has 3 heterocycles. The molecule has 19 heavy (non-hydrogen) atoms. The van der Waals surface area contributed by atoms with Gasteiger partial charge in [0.2, 0.25) is 0 Å². The van der Waals surface area contributed by atoms with Crippen molar-refractivity contribution >= 4 is 16.7 Å². The van der Waals surface area contributed by atoms with Crippen molar-refractivity contribution in [2.24, 2.45) is 0 Å². The second-order valence-corrected chi connectivity index (χ2v) is 5.11. The van der Waals surface area contributed by atoms with Crippen LogP contribution in [0.3, 0.4) is 0 Å². The summed E-state index contributed by atoms with van der Waals surface area (Å²) in [6.07, 6.45) is 6.95. The Bertz CT molecular complexity index is 562. The van der Waals surface area contributed by atoms with Crippen LogP contribution in [-0.4, -0.2) is 29.8 Å². The van der Waals surface area contributed by atoms with Crippen LogP contribution in [-0.2, 0) is 17.7 Å². The Balaban J connectivity index is 1.99. The van der Waals surface area contributed by atoms with E-state index in [-0.39, 0.29) is 0 Å². The molecule has 1 aliphatic rings. The SMILES string of the molecule is COCCNc1ccnc2cc3n(c12)CCCCC3. The molecule has 2 aromatic heterocycles. The lowest BCUT2D eigenvalue weighted by molar-refractivity contribution is 0.211. The van der Waals surface area contributed by atoms with Crippen LogP contribution < -0.4 is 5.32 Å². The highest BCUT2D eigenvalue weighted by atomic mass is 16.5. The van der Waals surface area contributed by atoms with Crippen molar-refractivity contribution in [1.29, 1.82) is 0 Å². The first-order valence-corrected chi connectivity index (χ1v) is 7.10. The van der Waals surface area contributed by atoms with E-state index in [2.05, 4.69) is 27.0 Å². The number of nitrogens with one attached hydrogen (secondary N) is 1. The molecule has 0 unspecified atom stereocenters. The van der Waals surface area contributed by atoms with Crippen LogP contribution in [0, 0.1) is 0 Å². The minimum Gasteiger partial charge on any atom is -0.383 e. The molecule has 2 aromatic rings. The van der Waals surface area contributed by atoms with Crippen LogP contribution in [0.25, 0.3) is 11.0 Å². The van der Waals surface area contributed by atoms with Gasteiger partial charge in [-0.1, -0.05) is 6.42 Å². The lowest BCUT2D eigenvalue weighted by Crippen LogP contribution is -2.09. The van der Waals surface area contributed by atoms with Gasteiger partial charge in [0.1, 0.15) is 0 Å². The first-order chi connectivity index (χ1) is 9.40. The summed E-state index contributed by atoms with van der Waals surface area (Å²) in [6.45, 7) is 2.66. The quantitative estimate of drug-likeness (QED) is 0.858. The van der Waals surface area contributed by atoms with E-state index in [1.54, 1.807) is 7.11 Å². The average Bonchev–Trinajstić information content (AvgIpc) is 2.63. The molecular formula is C15H21N3O. The van der Waals surface area contributed by atoms with Crippen LogP contribution in [0.5, 0.6) is 0 Å². The van der Waals surface area contributed by atoms with E-state index in [9.17, 15) is 0 Å². The number of pyridine rings is 1. The van der Waals surface area contributed by atoms with Crippen molar-refractivity contribution in [3.05, 3.63) is 24.0 Å². The topological polar surface area (TPSA) is 39.1 Å². The maximum absolute atomic E-state index is 5.10. The third kappa shape index (κ3) is 2.45. The molecule has 0 amide bonds. The van der Waals surface area contributed by atoms with E-state index in [0.29, 0.717) is 0 Å². The fraction of sp³-hybridized carbons (Fsp3) is 0.533. The molecule has 0 atom stereocenters. The van der Waals surface area contributed by atoms with E-state index in [1.165, 1.54) is 42.6 Å². The Morgan fingerprint density at radius 1 is 1.37 bits per heavy atom. The monoisotopic (exact) mass is 259 g/mol. The van der Waals surface area contributed by atoms with Gasteiger partial charge in [0, 0.05) is 32.1 Å². The summed E-state index contributed by atoms with van der Waals surface area (Å²) < 4.78 is 7.55. The molecule has 102 valence electrons. The fourth-order valence-corrected chi connectivity index (χ4v) is 2.88. The fourth-order valence-electron chi connectivity index (χ4n) is 2.88. The normalized spacial score (nSPS) is 15.2. The smallest absolute Gasteiger partial charge is 0.0906 e. The Morgan fingerprint density at radius 3 is 3.21 bits per heavy atom. The zero-order valence-corrected chi connectivity index (χ0v) is 11.5. The Labute approximate surface area is 113 Å². The highest BCUT2D eigenvalue weighted by molar-refractivity contribution is 5.89. The largest absolute Gasteiger partial charge is 0.383 e. The Hall–Kier alpha value is -1.55. The van der Waals surface area contributed by atoms with Gasteiger partial charge in [0.05, 0.1) is 23.3 Å². The van der Waals surface area contributed by atoms with Crippen molar-refractivity contribution in [2.45, 2.75) is 32.2 Å². The van der Waals surface area contributed by atoms with Gasteiger partial charge in [-0.05, 0) is 31.4 Å². The van der Waals surface area contributed by atoms with Crippen molar-refractivity contribution in [1.82, 2.24) is 9.55 Å². The first kappa shape index (κ1) is 12.5. The number of methoxy groups -OCH3 is 1. The van der Waals surface area contributed by atoms with Gasteiger partial charge >= 0.3 is 0 Å². The van der Waals surface area contributed by atoms with Gasteiger partial charge < -0.3 is 14.6 Å². The predicted molar refractivity (Wildman–Crippen MR) is 77.7 cm³/mol. The number of anilines is 1. The maximum atomic E-state index is 5.10. The van der Waals surface area contributed by atoms with Gasteiger partial charge in [-0.3, -0.25) is 4.98 Å². The number of aromatic nitrogens is 2. The minimum absolute atomic E-state index is 0.720. The number of rotatable bonds is 4. The number of fused-ring (bicyclic) bond motifs is 3. The van der Waals surface area contributed by atoms with Crippen LogP contribution in [0.4, 0.5) is 5.69 Å². The molecule has 3 rings (SSSR count). The second-order valence-electron chi connectivity index (χ2n) is 5.11. The summed E-state index contributed by atoms with van der Waals surface area (Å²) in [5.74, 6) is 0. The Kier molecular flexibility index (Phi) is 3.69. The molecule has 4 heteroatoms. The van der Waals surface area contributed by atoms with Crippen molar-refractivity contribution in [3.8, 4) is 0 Å². The third-order valence-corrected chi connectivity index (χ3v) is 3.81. The predicted octanol–water partition coefficient (Wildman–Crippen LogP) is 2.82. The van der Waals surface area contributed by atoms with E-state index in [1.807, 2.05) is 6.20 Å². The minimum atomic E-state index is 0.720. The molecule has 1 aliphatic heterocycles. The third-order valence-electron chi connectivity index (χ3n) is 3.81. The van der Waals surface area contributed by atoms with E-state index < -0.39 is 0 Å². The second kappa shape index (κ2) is 5.61. The van der Waals surface area contributed by atoms with Crippen LogP contribution in [0.15, 0.2) is 18.3 Å². The standard InChI is InChI=1S/C15H21N3O/c1-19-10-8-17-13-6-7-16-14-11-12-5-3-2-4-9-18(12)15(13)14/h6-7,11H,2-5,8-10H2,1H3,(H,16,17). The lowest BCUT2D eigenvalue weighted by Gasteiger charge is -2.11. The van der Waals surface area contributed by atoms with Crippen LogP contribution >= 0.6 is 0 Å². The molecule has 4 nitrogen and oxygen atoms in total. The van der Waals surface area contributed by atoms with Gasteiger partial charge in [0.15, 0.2) is 0 Å². The Morgan fingerprint density at radius 2 is 2.32 bits per heavy atom. The number of hydrogen-bond acceptors (Lipinski definition) is 3. The van der Waals surface area contributed by atoms with Gasteiger partial charge in [-0.25, -0.2) is 0 Å². The van der Waals surface area contributed by atoms with Crippen molar-refractivity contribution in [2.75, 3.05) is 25.6 Å². The molecule has 0 spiro atoms. The van der Waals surface area contributed by atoms with Gasteiger partial charge in [-0.2, -0.15) is 0 Å². The van der Waals surface area contributed by atoms with Gasteiger partial charge in [0.25, 0.3) is 0 Å². The zero-order valence-electron chi connectivity index (χ0n) is 11.5. The molecule has 0 aliphatic carbocycles. The average molecular weight is 259 g/mol. The molecule has 0 bridgehead atoms. The molecule has 1 N–H and O–H groups in total. The lowest BCUT2D eigenvalue weighted by atomic mass is 10.2. The molecular weight excluding hydrogens is 238 g/mol. The first-order valence-electron chi connectivity index (χ1n) is 7.10. The molecule has 0 aromatic carbocycles. The maximum Gasteiger partial charge on any atom is 0.0906 e.